The summed E-state index contributed by atoms with van der Waals surface area (Å²) in [5.74, 6) is 0.221. The second-order valence-corrected chi connectivity index (χ2v) is 3.77. The Kier molecular flexibility index (Phi) is 2.75. The van der Waals surface area contributed by atoms with E-state index in [4.69, 9.17) is 28.9 Å². The van der Waals surface area contributed by atoms with Gasteiger partial charge in [-0.25, -0.2) is 9.97 Å². The molecule has 1 aromatic carbocycles. The zero-order valence-corrected chi connectivity index (χ0v) is 9.13. The number of halogens is 2. The van der Waals surface area contributed by atoms with Gasteiger partial charge >= 0.3 is 0 Å². The van der Waals surface area contributed by atoms with Crippen molar-refractivity contribution in [3.05, 3.63) is 40.5 Å². The molecule has 15 heavy (non-hydrogen) atoms. The van der Waals surface area contributed by atoms with Gasteiger partial charge in [0, 0.05) is 16.8 Å². The van der Waals surface area contributed by atoms with Crippen LogP contribution in [0.5, 0.6) is 0 Å². The molecule has 3 nitrogen and oxygen atoms in total. The van der Waals surface area contributed by atoms with Crippen LogP contribution in [-0.4, -0.2) is 9.97 Å². The predicted molar refractivity (Wildman–Crippen MR) is 61.9 cm³/mol. The predicted octanol–water partition coefficient (Wildman–Crippen LogP) is 3.03. The Morgan fingerprint density at radius 2 is 1.93 bits per heavy atom. The van der Waals surface area contributed by atoms with Crippen LogP contribution in [0, 0.1) is 0 Å². The van der Waals surface area contributed by atoms with Gasteiger partial charge in [-0.3, -0.25) is 0 Å². The van der Waals surface area contributed by atoms with Crippen LogP contribution in [0.1, 0.15) is 0 Å². The Hall–Kier alpha value is -1.32. The lowest BCUT2D eigenvalue weighted by molar-refractivity contribution is 1.19. The van der Waals surface area contributed by atoms with Gasteiger partial charge in [-0.2, -0.15) is 0 Å². The van der Waals surface area contributed by atoms with E-state index < -0.39 is 0 Å². The lowest BCUT2D eigenvalue weighted by Gasteiger charge is -2.03. The maximum atomic E-state index is 6.03. The lowest BCUT2D eigenvalue weighted by Crippen LogP contribution is -1.95. The van der Waals surface area contributed by atoms with E-state index in [2.05, 4.69) is 9.97 Å². The second kappa shape index (κ2) is 4.04. The first-order chi connectivity index (χ1) is 7.16. The molecular weight excluding hydrogens is 233 g/mol. The van der Waals surface area contributed by atoms with Crippen molar-refractivity contribution < 1.29 is 0 Å². The van der Waals surface area contributed by atoms with E-state index >= 15 is 0 Å². The minimum absolute atomic E-state index is 0.221. The minimum atomic E-state index is 0.221. The van der Waals surface area contributed by atoms with Gasteiger partial charge in [-0.15, -0.1) is 0 Å². The number of aromatic nitrogens is 2. The summed E-state index contributed by atoms with van der Waals surface area (Å²) < 4.78 is 0. The maximum absolute atomic E-state index is 6.03. The Morgan fingerprint density at radius 3 is 2.60 bits per heavy atom. The van der Waals surface area contributed by atoms with Gasteiger partial charge in [0.05, 0.1) is 10.7 Å². The number of anilines is 1. The van der Waals surface area contributed by atoms with Crippen molar-refractivity contribution in [2.75, 3.05) is 5.73 Å². The summed E-state index contributed by atoms with van der Waals surface area (Å²) in [6, 6.07) is 6.95. The van der Waals surface area contributed by atoms with Crippen LogP contribution < -0.4 is 5.73 Å². The van der Waals surface area contributed by atoms with Crippen molar-refractivity contribution in [2.45, 2.75) is 0 Å². The van der Waals surface area contributed by atoms with Crippen molar-refractivity contribution in [1.29, 1.82) is 0 Å². The van der Waals surface area contributed by atoms with Gasteiger partial charge in [0.1, 0.15) is 0 Å². The molecule has 0 aliphatic rings. The molecule has 2 N–H and O–H groups in total. The number of rotatable bonds is 1. The molecule has 0 aliphatic heterocycles. The quantitative estimate of drug-likeness (QED) is 0.833. The van der Waals surface area contributed by atoms with E-state index in [1.165, 1.54) is 0 Å². The summed E-state index contributed by atoms with van der Waals surface area (Å²) in [5, 5.41) is 1.13. The molecule has 2 rings (SSSR count). The average Bonchev–Trinajstić information content (AvgIpc) is 2.17. The number of nitrogen functional groups attached to an aromatic ring is 1. The fourth-order valence-corrected chi connectivity index (χ4v) is 1.73. The molecule has 0 spiro atoms. The highest BCUT2D eigenvalue weighted by atomic mass is 35.5. The van der Waals surface area contributed by atoms with Crippen LogP contribution in [0.15, 0.2) is 30.5 Å². The highest BCUT2D eigenvalue weighted by molar-refractivity contribution is 6.36. The number of nitrogens with zero attached hydrogens (tertiary/aromatic N) is 2. The van der Waals surface area contributed by atoms with Crippen LogP contribution in [0.3, 0.4) is 0 Å². The molecule has 5 heteroatoms. The van der Waals surface area contributed by atoms with Crippen molar-refractivity contribution in [1.82, 2.24) is 9.97 Å². The average molecular weight is 240 g/mol. The third-order valence-corrected chi connectivity index (χ3v) is 2.43. The summed E-state index contributed by atoms with van der Waals surface area (Å²) in [7, 11) is 0. The molecule has 0 radical (unpaired) electrons. The van der Waals surface area contributed by atoms with Crippen molar-refractivity contribution >= 4 is 29.2 Å². The van der Waals surface area contributed by atoms with Gasteiger partial charge in [0.25, 0.3) is 0 Å². The van der Waals surface area contributed by atoms with Crippen LogP contribution >= 0.6 is 23.2 Å². The summed E-state index contributed by atoms with van der Waals surface area (Å²) in [5.41, 5.74) is 6.96. The van der Waals surface area contributed by atoms with Crippen LogP contribution in [0.4, 0.5) is 5.95 Å². The van der Waals surface area contributed by atoms with E-state index in [1.807, 2.05) is 0 Å². The minimum Gasteiger partial charge on any atom is -0.368 e. The molecular formula is C10H7Cl2N3. The third kappa shape index (κ3) is 2.19. The van der Waals surface area contributed by atoms with Crippen molar-refractivity contribution in [2.24, 2.45) is 0 Å². The van der Waals surface area contributed by atoms with E-state index in [-0.39, 0.29) is 5.95 Å². The highest BCUT2D eigenvalue weighted by Crippen LogP contribution is 2.28. The van der Waals surface area contributed by atoms with Gasteiger partial charge in [-0.05, 0) is 24.3 Å². The monoisotopic (exact) mass is 239 g/mol. The van der Waals surface area contributed by atoms with E-state index in [1.54, 1.807) is 30.5 Å². The number of benzene rings is 1. The Balaban J connectivity index is 2.54. The van der Waals surface area contributed by atoms with Gasteiger partial charge < -0.3 is 5.73 Å². The zero-order chi connectivity index (χ0) is 10.8. The molecule has 0 saturated heterocycles. The number of hydrogen-bond donors (Lipinski definition) is 1. The van der Waals surface area contributed by atoms with Crippen LogP contribution in [-0.2, 0) is 0 Å². The topological polar surface area (TPSA) is 51.8 Å². The van der Waals surface area contributed by atoms with Gasteiger partial charge in [0.15, 0.2) is 0 Å². The largest absolute Gasteiger partial charge is 0.368 e. The van der Waals surface area contributed by atoms with Gasteiger partial charge in [0.2, 0.25) is 5.95 Å². The summed E-state index contributed by atoms with van der Waals surface area (Å²) in [4.78, 5) is 7.88. The summed E-state index contributed by atoms with van der Waals surface area (Å²) >= 11 is 11.8. The Bertz CT molecular complexity index is 500. The van der Waals surface area contributed by atoms with Crippen molar-refractivity contribution in [3.8, 4) is 11.3 Å². The smallest absolute Gasteiger partial charge is 0.220 e. The molecule has 0 atom stereocenters. The third-order valence-electron chi connectivity index (χ3n) is 1.88. The van der Waals surface area contributed by atoms with Crippen molar-refractivity contribution in [3.63, 3.8) is 0 Å². The fraction of sp³-hybridized carbons (Fsp3) is 0. The summed E-state index contributed by atoms with van der Waals surface area (Å²) in [6.07, 6.45) is 1.59. The molecule has 2 aromatic rings. The second-order valence-electron chi connectivity index (χ2n) is 2.92. The Labute approximate surface area is 96.9 Å². The highest BCUT2D eigenvalue weighted by Gasteiger charge is 2.05. The van der Waals surface area contributed by atoms with E-state index in [0.29, 0.717) is 15.7 Å². The van der Waals surface area contributed by atoms with Gasteiger partial charge in [-0.1, -0.05) is 23.2 Å². The molecule has 0 bridgehead atoms. The summed E-state index contributed by atoms with van der Waals surface area (Å²) in [6.45, 7) is 0. The molecule has 0 aliphatic carbocycles. The SMILES string of the molecule is Nc1nccc(-c2ccc(Cl)cc2Cl)n1. The van der Waals surface area contributed by atoms with E-state index in [9.17, 15) is 0 Å². The molecule has 0 fully saturated rings. The van der Waals surface area contributed by atoms with E-state index in [0.717, 1.165) is 5.56 Å². The first kappa shape index (κ1) is 10.2. The van der Waals surface area contributed by atoms with Crippen LogP contribution in [0.2, 0.25) is 10.0 Å². The van der Waals surface area contributed by atoms with Crippen LogP contribution in [0.25, 0.3) is 11.3 Å². The maximum Gasteiger partial charge on any atom is 0.220 e. The first-order valence-corrected chi connectivity index (χ1v) is 4.96. The lowest BCUT2D eigenvalue weighted by atomic mass is 10.1. The zero-order valence-electron chi connectivity index (χ0n) is 7.61. The molecule has 76 valence electrons. The number of hydrogen-bond acceptors (Lipinski definition) is 3. The standard InChI is InChI=1S/C10H7Cl2N3/c11-6-1-2-7(8(12)5-6)9-3-4-14-10(13)15-9/h1-5H,(H2,13,14,15). The molecule has 0 saturated carbocycles. The fourth-order valence-electron chi connectivity index (χ4n) is 1.22. The molecule has 0 amide bonds. The number of nitrogens with two attached hydrogens (primary N) is 1. The normalized spacial score (nSPS) is 10.3. The first-order valence-electron chi connectivity index (χ1n) is 4.21. The molecule has 0 unspecified atom stereocenters. The molecule has 1 aromatic heterocycles. The molecule has 1 heterocycles. The Morgan fingerprint density at radius 1 is 1.13 bits per heavy atom.